The summed E-state index contributed by atoms with van der Waals surface area (Å²) in [6.45, 7) is 9.02. The van der Waals surface area contributed by atoms with Gasteiger partial charge in [-0.1, -0.05) is 19.1 Å². The van der Waals surface area contributed by atoms with Gasteiger partial charge in [-0.05, 0) is 85.9 Å². The SMILES string of the molecule is C=C(C)[C@@H]1CCC23C[C@@H]4C(C[C@@H]2[C@H]1CCC(=O)OC)[C@@]4(C)C3. The quantitative estimate of drug-likeness (QED) is 0.560. The Morgan fingerprint density at radius 1 is 1.32 bits per heavy atom. The Hall–Kier alpha value is -0.790. The van der Waals surface area contributed by atoms with E-state index in [2.05, 4.69) is 20.4 Å². The molecular weight excluding hydrogens is 272 g/mol. The van der Waals surface area contributed by atoms with Crippen LogP contribution in [0.1, 0.15) is 58.8 Å². The standard InChI is InChI=1S/C20H30O2/c1-12(2)13-7-8-20-10-17-16(19(17,3)11-20)9-15(20)14(13)5-6-18(21)22-4/h13-17H,1,5-11H2,2-4H3/t13-,14-,15+,16?,17+,19+,20?/m0/s1. The fourth-order valence-electron chi connectivity index (χ4n) is 7.25. The average Bonchev–Trinajstić information content (AvgIpc) is 2.93. The van der Waals surface area contributed by atoms with Crippen molar-refractivity contribution in [1.29, 1.82) is 0 Å². The highest BCUT2D eigenvalue weighted by Crippen LogP contribution is 2.83. The lowest BCUT2D eigenvalue weighted by Gasteiger charge is -2.55. The van der Waals surface area contributed by atoms with E-state index in [-0.39, 0.29) is 5.97 Å². The Balaban J connectivity index is 1.57. The van der Waals surface area contributed by atoms with E-state index in [9.17, 15) is 4.79 Å². The summed E-state index contributed by atoms with van der Waals surface area (Å²) in [4.78, 5) is 11.7. The maximum Gasteiger partial charge on any atom is 0.305 e. The predicted molar refractivity (Wildman–Crippen MR) is 87.1 cm³/mol. The van der Waals surface area contributed by atoms with Gasteiger partial charge >= 0.3 is 5.97 Å². The van der Waals surface area contributed by atoms with Crippen LogP contribution < -0.4 is 0 Å². The highest BCUT2D eigenvalue weighted by atomic mass is 16.5. The Labute approximate surface area is 134 Å². The van der Waals surface area contributed by atoms with Crippen LogP contribution in [0.4, 0.5) is 0 Å². The first-order valence-electron chi connectivity index (χ1n) is 9.13. The van der Waals surface area contributed by atoms with Crippen LogP contribution in [0.5, 0.6) is 0 Å². The van der Waals surface area contributed by atoms with Gasteiger partial charge in [0.25, 0.3) is 0 Å². The molecule has 5 aliphatic rings. The molecule has 1 spiro atoms. The number of hydrogen-bond donors (Lipinski definition) is 0. The average molecular weight is 302 g/mol. The molecule has 0 saturated heterocycles. The Morgan fingerprint density at radius 3 is 2.68 bits per heavy atom. The molecule has 5 saturated carbocycles. The first-order chi connectivity index (χ1) is 10.4. The summed E-state index contributed by atoms with van der Waals surface area (Å²) in [5, 5.41) is 0. The van der Waals surface area contributed by atoms with E-state index in [4.69, 9.17) is 4.74 Å². The molecule has 2 heteroatoms. The molecule has 0 amide bonds. The zero-order valence-corrected chi connectivity index (χ0v) is 14.4. The number of carbonyl (C=O) groups excluding carboxylic acids is 1. The second-order valence-corrected chi connectivity index (χ2v) is 9.07. The van der Waals surface area contributed by atoms with Gasteiger partial charge < -0.3 is 4.74 Å². The minimum absolute atomic E-state index is 0.0429. The minimum Gasteiger partial charge on any atom is -0.469 e. The molecule has 0 radical (unpaired) electrons. The number of hydrogen-bond acceptors (Lipinski definition) is 2. The van der Waals surface area contributed by atoms with E-state index in [1.54, 1.807) is 0 Å². The summed E-state index contributed by atoms with van der Waals surface area (Å²) in [5.41, 5.74) is 2.64. The molecule has 2 unspecified atom stereocenters. The van der Waals surface area contributed by atoms with E-state index >= 15 is 0 Å². The van der Waals surface area contributed by atoms with Crippen molar-refractivity contribution in [3.05, 3.63) is 12.2 Å². The molecule has 4 bridgehead atoms. The Kier molecular flexibility index (Phi) is 3.10. The van der Waals surface area contributed by atoms with Crippen molar-refractivity contribution in [3.8, 4) is 0 Å². The van der Waals surface area contributed by atoms with Gasteiger partial charge in [0.2, 0.25) is 0 Å². The second kappa shape index (κ2) is 4.61. The number of carbonyl (C=O) groups is 1. The molecule has 122 valence electrons. The lowest BCUT2D eigenvalue weighted by Crippen LogP contribution is -2.47. The van der Waals surface area contributed by atoms with E-state index in [0.29, 0.717) is 29.1 Å². The van der Waals surface area contributed by atoms with Gasteiger partial charge in [-0.2, -0.15) is 0 Å². The smallest absolute Gasteiger partial charge is 0.305 e. The number of ether oxygens (including phenoxy) is 1. The number of esters is 1. The first kappa shape index (κ1) is 14.8. The van der Waals surface area contributed by atoms with Crippen LogP contribution in [0.3, 0.4) is 0 Å². The largest absolute Gasteiger partial charge is 0.469 e. The van der Waals surface area contributed by atoms with Crippen molar-refractivity contribution >= 4 is 5.97 Å². The Bertz CT molecular complexity index is 524. The molecule has 0 aromatic heterocycles. The normalized spacial score (nSPS) is 51.1. The summed E-state index contributed by atoms with van der Waals surface area (Å²) in [7, 11) is 1.51. The molecule has 22 heavy (non-hydrogen) atoms. The van der Waals surface area contributed by atoms with E-state index in [1.165, 1.54) is 44.8 Å². The van der Waals surface area contributed by atoms with Crippen LogP contribution in [-0.4, -0.2) is 13.1 Å². The summed E-state index contributed by atoms with van der Waals surface area (Å²) < 4.78 is 4.89. The highest BCUT2D eigenvalue weighted by Gasteiger charge is 2.76. The van der Waals surface area contributed by atoms with Crippen molar-refractivity contribution in [2.24, 2.45) is 40.4 Å². The first-order valence-corrected chi connectivity index (χ1v) is 9.13. The van der Waals surface area contributed by atoms with E-state index in [1.807, 2.05) is 0 Å². The van der Waals surface area contributed by atoms with Gasteiger partial charge in [0.05, 0.1) is 7.11 Å². The third-order valence-electron chi connectivity index (χ3n) is 8.25. The van der Waals surface area contributed by atoms with Gasteiger partial charge in [0.1, 0.15) is 0 Å². The maximum atomic E-state index is 11.7. The van der Waals surface area contributed by atoms with Crippen molar-refractivity contribution in [2.75, 3.05) is 7.11 Å². The third-order valence-corrected chi connectivity index (χ3v) is 8.25. The van der Waals surface area contributed by atoms with Gasteiger partial charge in [-0.15, -0.1) is 0 Å². The summed E-state index contributed by atoms with van der Waals surface area (Å²) in [6.07, 6.45) is 8.67. The van der Waals surface area contributed by atoms with Gasteiger partial charge in [-0.25, -0.2) is 0 Å². The second-order valence-electron chi connectivity index (χ2n) is 9.07. The third kappa shape index (κ3) is 1.82. The lowest BCUT2D eigenvalue weighted by atomic mass is 9.49. The molecular formula is C20H30O2. The monoisotopic (exact) mass is 302 g/mol. The fourth-order valence-corrected chi connectivity index (χ4v) is 7.25. The maximum absolute atomic E-state index is 11.7. The van der Waals surface area contributed by atoms with Crippen molar-refractivity contribution in [1.82, 2.24) is 0 Å². The van der Waals surface area contributed by atoms with Gasteiger partial charge in [-0.3, -0.25) is 4.79 Å². The van der Waals surface area contributed by atoms with Crippen LogP contribution in [0.2, 0.25) is 0 Å². The van der Waals surface area contributed by atoms with Crippen LogP contribution in [0.25, 0.3) is 0 Å². The lowest BCUT2D eigenvalue weighted by molar-refractivity contribution is -0.141. The molecule has 7 atom stereocenters. The molecule has 0 aromatic carbocycles. The van der Waals surface area contributed by atoms with Gasteiger partial charge in [0.15, 0.2) is 0 Å². The van der Waals surface area contributed by atoms with Crippen LogP contribution in [0.15, 0.2) is 12.2 Å². The zero-order valence-electron chi connectivity index (χ0n) is 14.4. The number of allylic oxidation sites excluding steroid dienone is 1. The van der Waals surface area contributed by atoms with Crippen LogP contribution >= 0.6 is 0 Å². The minimum atomic E-state index is -0.0429. The molecule has 5 fully saturated rings. The fraction of sp³-hybridized carbons (Fsp3) is 0.850. The Morgan fingerprint density at radius 2 is 2.09 bits per heavy atom. The van der Waals surface area contributed by atoms with Gasteiger partial charge in [0, 0.05) is 6.42 Å². The molecule has 0 aromatic rings. The number of rotatable bonds is 4. The summed E-state index contributed by atoms with van der Waals surface area (Å²) in [5.74, 6) is 4.11. The molecule has 0 N–H and O–H groups in total. The topological polar surface area (TPSA) is 26.3 Å². The van der Waals surface area contributed by atoms with Crippen molar-refractivity contribution < 1.29 is 9.53 Å². The summed E-state index contributed by atoms with van der Waals surface area (Å²) >= 11 is 0. The molecule has 0 aliphatic heterocycles. The van der Waals surface area contributed by atoms with E-state index in [0.717, 1.165) is 24.2 Å². The van der Waals surface area contributed by atoms with Crippen molar-refractivity contribution in [2.45, 2.75) is 58.8 Å². The molecule has 0 heterocycles. The summed E-state index contributed by atoms with van der Waals surface area (Å²) in [6, 6.07) is 0. The van der Waals surface area contributed by atoms with Crippen LogP contribution in [0, 0.1) is 40.4 Å². The van der Waals surface area contributed by atoms with E-state index < -0.39 is 0 Å². The predicted octanol–water partition coefficient (Wildman–Crippen LogP) is 4.59. The zero-order chi connectivity index (χ0) is 15.7. The number of methoxy groups -OCH3 is 1. The highest BCUT2D eigenvalue weighted by molar-refractivity contribution is 5.69. The van der Waals surface area contributed by atoms with Crippen molar-refractivity contribution in [3.63, 3.8) is 0 Å². The molecule has 5 rings (SSSR count). The molecule has 2 nitrogen and oxygen atoms in total. The van der Waals surface area contributed by atoms with Crippen LogP contribution in [-0.2, 0) is 9.53 Å². The molecule has 5 aliphatic carbocycles.